The van der Waals surface area contributed by atoms with Gasteiger partial charge in [-0.2, -0.15) is 0 Å². The fourth-order valence-electron chi connectivity index (χ4n) is 3.11. The average molecular weight is 401 g/mol. The molecular formula is C23H29ClN2O2. The first-order valence-electron chi connectivity index (χ1n) is 9.90. The van der Waals surface area contributed by atoms with E-state index >= 15 is 0 Å². The van der Waals surface area contributed by atoms with Crippen LogP contribution in [-0.4, -0.2) is 29.3 Å². The molecule has 2 rings (SSSR count). The van der Waals surface area contributed by atoms with Crippen molar-refractivity contribution in [1.29, 1.82) is 0 Å². The van der Waals surface area contributed by atoms with Crippen molar-refractivity contribution in [2.45, 2.75) is 52.1 Å². The Balaban J connectivity index is 2.16. The lowest BCUT2D eigenvalue weighted by molar-refractivity contribution is -0.141. The summed E-state index contributed by atoms with van der Waals surface area (Å²) in [5.41, 5.74) is 2.07. The quantitative estimate of drug-likeness (QED) is 0.633. The molecule has 0 unspecified atom stereocenters. The van der Waals surface area contributed by atoms with Gasteiger partial charge >= 0.3 is 0 Å². The number of nitrogens with zero attached hydrogens (tertiary/aromatic N) is 1. The molecule has 28 heavy (non-hydrogen) atoms. The predicted octanol–water partition coefficient (Wildman–Crippen LogP) is 4.61. The first-order chi connectivity index (χ1) is 13.5. The Morgan fingerprint density at radius 1 is 1.00 bits per heavy atom. The maximum atomic E-state index is 13.1. The minimum absolute atomic E-state index is 0.0164. The van der Waals surface area contributed by atoms with Crippen LogP contribution < -0.4 is 5.32 Å². The number of hydrogen-bond acceptors (Lipinski definition) is 2. The van der Waals surface area contributed by atoms with Gasteiger partial charge in [0.25, 0.3) is 0 Å². The highest BCUT2D eigenvalue weighted by molar-refractivity contribution is 6.30. The molecule has 1 atom stereocenters. The monoisotopic (exact) mass is 400 g/mol. The summed E-state index contributed by atoms with van der Waals surface area (Å²) in [5.74, 6) is -0.108. The van der Waals surface area contributed by atoms with E-state index in [0.717, 1.165) is 17.5 Å². The topological polar surface area (TPSA) is 49.4 Å². The average Bonchev–Trinajstić information content (AvgIpc) is 2.72. The van der Waals surface area contributed by atoms with E-state index < -0.39 is 6.04 Å². The third-order valence-electron chi connectivity index (χ3n) is 4.67. The minimum Gasteiger partial charge on any atom is -0.354 e. The van der Waals surface area contributed by atoms with Gasteiger partial charge in [-0.15, -0.1) is 0 Å². The molecule has 2 aromatic rings. The van der Waals surface area contributed by atoms with Gasteiger partial charge in [0.2, 0.25) is 11.8 Å². The summed E-state index contributed by atoms with van der Waals surface area (Å²) in [6.07, 6.45) is 2.46. The maximum absolute atomic E-state index is 13.1. The van der Waals surface area contributed by atoms with Crippen LogP contribution >= 0.6 is 11.6 Å². The van der Waals surface area contributed by atoms with Crippen molar-refractivity contribution in [2.24, 2.45) is 0 Å². The second-order valence-electron chi connectivity index (χ2n) is 6.85. The van der Waals surface area contributed by atoms with Crippen LogP contribution in [0.15, 0.2) is 54.6 Å². The third-order valence-corrected chi connectivity index (χ3v) is 4.92. The third kappa shape index (κ3) is 6.68. The van der Waals surface area contributed by atoms with Crippen LogP contribution in [0.1, 0.15) is 44.2 Å². The molecule has 0 fully saturated rings. The zero-order chi connectivity index (χ0) is 20.4. The molecule has 0 aliphatic rings. The van der Waals surface area contributed by atoms with Crippen LogP contribution in [0.3, 0.4) is 0 Å². The van der Waals surface area contributed by atoms with Crippen molar-refractivity contribution in [3.8, 4) is 0 Å². The van der Waals surface area contributed by atoms with E-state index in [1.165, 1.54) is 0 Å². The number of hydrogen-bond donors (Lipinski definition) is 1. The number of halogens is 1. The normalized spacial score (nSPS) is 11.7. The van der Waals surface area contributed by atoms with Gasteiger partial charge in [-0.05, 0) is 42.5 Å². The zero-order valence-electron chi connectivity index (χ0n) is 16.7. The molecule has 0 spiro atoms. The molecule has 0 heterocycles. The molecule has 0 aromatic heterocycles. The molecule has 150 valence electrons. The van der Waals surface area contributed by atoms with Crippen LogP contribution in [0, 0.1) is 0 Å². The number of amides is 2. The fourth-order valence-corrected chi connectivity index (χ4v) is 3.24. The lowest BCUT2D eigenvalue weighted by atomic mass is 10.1. The highest BCUT2D eigenvalue weighted by atomic mass is 35.5. The zero-order valence-corrected chi connectivity index (χ0v) is 17.4. The number of benzene rings is 2. The minimum atomic E-state index is -0.481. The summed E-state index contributed by atoms with van der Waals surface area (Å²) >= 11 is 5.98. The van der Waals surface area contributed by atoms with Crippen molar-refractivity contribution in [3.63, 3.8) is 0 Å². The Labute approximate surface area is 172 Å². The second-order valence-corrected chi connectivity index (χ2v) is 7.29. The van der Waals surface area contributed by atoms with Crippen LogP contribution in [0.25, 0.3) is 0 Å². The molecule has 0 saturated carbocycles. The first kappa shape index (κ1) is 22.0. The summed E-state index contributed by atoms with van der Waals surface area (Å²) in [6.45, 7) is 4.96. The SMILES string of the molecule is CCCNC(=O)[C@H](CC)N(Cc1ccc(Cl)cc1)C(=O)CCc1ccccc1. The molecule has 4 nitrogen and oxygen atoms in total. The van der Waals surface area contributed by atoms with E-state index in [2.05, 4.69) is 5.32 Å². The smallest absolute Gasteiger partial charge is 0.242 e. The van der Waals surface area contributed by atoms with Gasteiger partial charge in [0.05, 0.1) is 0 Å². The van der Waals surface area contributed by atoms with Crippen LogP contribution in [0.4, 0.5) is 0 Å². The van der Waals surface area contributed by atoms with Crippen molar-refractivity contribution in [3.05, 3.63) is 70.7 Å². The number of rotatable bonds is 10. The van der Waals surface area contributed by atoms with E-state index in [4.69, 9.17) is 11.6 Å². The molecule has 0 saturated heterocycles. The highest BCUT2D eigenvalue weighted by Crippen LogP contribution is 2.17. The van der Waals surface area contributed by atoms with E-state index in [0.29, 0.717) is 37.4 Å². The Morgan fingerprint density at radius 2 is 1.68 bits per heavy atom. The molecule has 0 aliphatic carbocycles. The molecular weight excluding hydrogens is 372 g/mol. The summed E-state index contributed by atoms with van der Waals surface area (Å²) in [7, 11) is 0. The Kier molecular flexibility index (Phi) is 9.02. The van der Waals surface area contributed by atoms with E-state index in [1.54, 1.807) is 4.90 Å². The molecule has 2 amide bonds. The number of aryl methyl sites for hydroxylation is 1. The fraction of sp³-hybridized carbons (Fsp3) is 0.391. The van der Waals surface area contributed by atoms with Crippen LogP contribution in [-0.2, 0) is 22.6 Å². The van der Waals surface area contributed by atoms with E-state index in [9.17, 15) is 9.59 Å². The maximum Gasteiger partial charge on any atom is 0.242 e. The van der Waals surface area contributed by atoms with E-state index in [-0.39, 0.29) is 11.8 Å². The van der Waals surface area contributed by atoms with Gasteiger partial charge in [-0.25, -0.2) is 0 Å². The van der Waals surface area contributed by atoms with Gasteiger partial charge in [0.1, 0.15) is 6.04 Å². The van der Waals surface area contributed by atoms with Crippen molar-refractivity contribution in [1.82, 2.24) is 10.2 Å². The standard InChI is InChI=1S/C23H29ClN2O2/c1-3-16-25-23(28)21(4-2)26(17-19-10-13-20(24)14-11-19)22(27)15-12-18-8-6-5-7-9-18/h5-11,13-14,21H,3-4,12,15-17H2,1-2H3,(H,25,28)/t21-/m0/s1. The van der Waals surface area contributed by atoms with Gasteiger partial charge in [0.15, 0.2) is 0 Å². The molecule has 0 radical (unpaired) electrons. The number of carbonyl (C=O) groups excluding carboxylic acids is 2. The van der Waals surface area contributed by atoms with E-state index in [1.807, 2.05) is 68.4 Å². The van der Waals surface area contributed by atoms with Crippen molar-refractivity contribution >= 4 is 23.4 Å². The summed E-state index contributed by atoms with van der Waals surface area (Å²) in [5, 5.41) is 3.58. The highest BCUT2D eigenvalue weighted by Gasteiger charge is 2.28. The molecule has 5 heteroatoms. The van der Waals surface area contributed by atoms with Crippen LogP contribution in [0.5, 0.6) is 0 Å². The van der Waals surface area contributed by atoms with Crippen molar-refractivity contribution in [2.75, 3.05) is 6.54 Å². The van der Waals surface area contributed by atoms with Crippen LogP contribution in [0.2, 0.25) is 5.02 Å². The summed E-state index contributed by atoms with van der Waals surface area (Å²) in [6, 6.07) is 16.9. The number of carbonyl (C=O) groups is 2. The molecule has 2 aromatic carbocycles. The Bertz CT molecular complexity index is 747. The number of nitrogens with one attached hydrogen (secondary N) is 1. The molecule has 1 N–H and O–H groups in total. The lowest BCUT2D eigenvalue weighted by Gasteiger charge is -2.30. The van der Waals surface area contributed by atoms with Gasteiger partial charge < -0.3 is 10.2 Å². The summed E-state index contributed by atoms with van der Waals surface area (Å²) < 4.78 is 0. The molecule has 0 aliphatic heterocycles. The van der Waals surface area contributed by atoms with Gasteiger partial charge in [-0.3, -0.25) is 9.59 Å². The Hall–Kier alpha value is -2.33. The lowest BCUT2D eigenvalue weighted by Crippen LogP contribution is -2.49. The first-order valence-corrected chi connectivity index (χ1v) is 10.3. The second kappa shape index (κ2) is 11.5. The summed E-state index contributed by atoms with van der Waals surface area (Å²) in [4.78, 5) is 27.5. The largest absolute Gasteiger partial charge is 0.354 e. The predicted molar refractivity (Wildman–Crippen MR) is 114 cm³/mol. The van der Waals surface area contributed by atoms with Crippen molar-refractivity contribution < 1.29 is 9.59 Å². The van der Waals surface area contributed by atoms with Gasteiger partial charge in [-0.1, -0.05) is 67.9 Å². The van der Waals surface area contributed by atoms with Gasteiger partial charge in [0, 0.05) is 24.5 Å². The Morgan fingerprint density at radius 3 is 2.29 bits per heavy atom. The molecule has 0 bridgehead atoms.